The Kier molecular flexibility index (Phi) is 2.17. The normalized spacial score (nSPS) is 15.8. The molecule has 0 aliphatic heterocycles. The lowest BCUT2D eigenvalue weighted by atomic mass is 10.3. The molecule has 13 heavy (non-hydrogen) atoms. The van der Waals surface area contributed by atoms with E-state index in [0.717, 1.165) is 24.0 Å². The van der Waals surface area contributed by atoms with Crippen LogP contribution in [-0.4, -0.2) is 23.1 Å². The second-order valence-corrected chi connectivity index (χ2v) is 3.56. The molecule has 0 aromatic carbocycles. The van der Waals surface area contributed by atoms with E-state index in [1.165, 1.54) is 12.8 Å². The highest BCUT2D eigenvalue weighted by Gasteiger charge is 2.27. The summed E-state index contributed by atoms with van der Waals surface area (Å²) in [4.78, 5) is 10.7. The van der Waals surface area contributed by atoms with E-state index in [1.807, 2.05) is 0 Å². The Morgan fingerprint density at radius 1 is 1.46 bits per heavy atom. The van der Waals surface area contributed by atoms with E-state index in [4.69, 9.17) is 0 Å². The van der Waals surface area contributed by atoms with Gasteiger partial charge in [0.05, 0.1) is 0 Å². The Balaban J connectivity index is 2.18. The molecule has 1 aliphatic carbocycles. The highest BCUT2D eigenvalue weighted by molar-refractivity contribution is 5.40. The Labute approximate surface area is 78.8 Å². The summed E-state index contributed by atoms with van der Waals surface area (Å²) in [5, 5.41) is 0. The summed E-state index contributed by atoms with van der Waals surface area (Å²) in [6.07, 6.45) is 5.25. The van der Waals surface area contributed by atoms with Gasteiger partial charge in [0.25, 0.3) is 0 Å². The molecule has 0 unspecified atom stereocenters. The third kappa shape index (κ3) is 1.79. The summed E-state index contributed by atoms with van der Waals surface area (Å²) >= 11 is 0. The summed E-state index contributed by atoms with van der Waals surface area (Å²) in [6.45, 7) is 2.11. The molecule has 1 aromatic heterocycles. The van der Waals surface area contributed by atoms with Crippen LogP contribution in [0, 0.1) is 0 Å². The molecule has 2 rings (SSSR count). The summed E-state index contributed by atoms with van der Waals surface area (Å²) in [5.41, 5.74) is 1.12. The van der Waals surface area contributed by atoms with Gasteiger partial charge >= 0.3 is 0 Å². The van der Waals surface area contributed by atoms with E-state index in [1.54, 1.807) is 6.33 Å². The van der Waals surface area contributed by atoms with Crippen LogP contribution in [0.3, 0.4) is 0 Å². The molecule has 0 saturated heterocycles. The van der Waals surface area contributed by atoms with Crippen molar-refractivity contribution in [3.05, 3.63) is 18.1 Å². The van der Waals surface area contributed by atoms with Gasteiger partial charge < -0.3 is 4.90 Å². The molecule has 1 aliphatic rings. The van der Waals surface area contributed by atoms with Crippen LogP contribution in [0.25, 0.3) is 0 Å². The predicted molar refractivity (Wildman–Crippen MR) is 52.8 cm³/mol. The van der Waals surface area contributed by atoms with Gasteiger partial charge in [0.2, 0.25) is 0 Å². The number of anilines is 1. The van der Waals surface area contributed by atoms with Crippen molar-refractivity contribution in [2.45, 2.75) is 32.2 Å². The molecule has 3 heteroatoms. The molecular weight excluding hydrogens is 162 g/mol. The first-order chi connectivity index (χ1) is 6.31. The molecule has 0 radical (unpaired) electrons. The van der Waals surface area contributed by atoms with Crippen molar-refractivity contribution in [3.63, 3.8) is 0 Å². The van der Waals surface area contributed by atoms with E-state index < -0.39 is 0 Å². The molecule has 0 spiro atoms. The molecule has 0 bridgehead atoms. The van der Waals surface area contributed by atoms with Crippen molar-refractivity contribution in [2.75, 3.05) is 11.9 Å². The van der Waals surface area contributed by atoms with Crippen LogP contribution in [0.2, 0.25) is 0 Å². The van der Waals surface area contributed by atoms with Crippen LogP contribution in [0.4, 0.5) is 5.82 Å². The number of rotatable bonds is 3. The zero-order chi connectivity index (χ0) is 9.26. The molecule has 1 fully saturated rings. The number of aryl methyl sites for hydroxylation is 1. The zero-order valence-electron chi connectivity index (χ0n) is 8.20. The van der Waals surface area contributed by atoms with Crippen molar-refractivity contribution in [2.24, 2.45) is 0 Å². The van der Waals surface area contributed by atoms with Crippen LogP contribution in [0.1, 0.15) is 25.5 Å². The van der Waals surface area contributed by atoms with Crippen LogP contribution >= 0.6 is 0 Å². The minimum Gasteiger partial charge on any atom is -0.357 e. The number of hydrogen-bond acceptors (Lipinski definition) is 3. The second kappa shape index (κ2) is 3.32. The maximum Gasteiger partial charge on any atom is 0.132 e. The molecule has 1 saturated carbocycles. The third-order valence-electron chi connectivity index (χ3n) is 2.53. The summed E-state index contributed by atoms with van der Waals surface area (Å²) in [6, 6.07) is 2.80. The van der Waals surface area contributed by atoms with Crippen LogP contribution in [-0.2, 0) is 6.42 Å². The van der Waals surface area contributed by atoms with Crippen LogP contribution in [0.15, 0.2) is 12.4 Å². The monoisotopic (exact) mass is 177 g/mol. The van der Waals surface area contributed by atoms with E-state index in [2.05, 4.69) is 34.9 Å². The Bertz CT molecular complexity index is 294. The quantitative estimate of drug-likeness (QED) is 0.702. The Morgan fingerprint density at radius 3 is 2.85 bits per heavy atom. The first-order valence-electron chi connectivity index (χ1n) is 4.85. The lowest BCUT2D eigenvalue weighted by molar-refractivity contribution is 0.873. The van der Waals surface area contributed by atoms with Gasteiger partial charge in [0.1, 0.15) is 12.1 Å². The topological polar surface area (TPSA) is 29.0 Å². The smallest absolute Gasteiger partial charge is 0.132 e. The largest absolute Gasteiger partial charge is 0.357 e. The summed E-state index contributed by atoms with van der Waals surface area (Å²) < 4.78 is 0. The molecule has 0 N–H and O–H groups in total. The molecule has 0 atom stereocenters. The first kappa shape index (κ1) is 8.48. The van der Waals surface area contributed by atoms with Gasteiger partial charge in [-0.3, -0.25) is 0 Å². The van der Waals surface area contributed by atoms with Gasteiger partial charge in [-0.15, -0.1) is 0 Å². The summed E-state index contributed by atoms with van der Waals surface area (Å²) in [7, 11) is 2.11. The van der Waals surface area contributed by atoms with Crippen LogP contribution < -0.4 is 4.90 Å². The van der Waals surface area contributed by atoms with Gasteiger partial charge in [0.15, 0.2) is 0 Å². The summed E-state index contributed by atoms with van der Waals surface area (Å²) in [5.74, 6) is 1.06. The van der Waals surface area contributed by atoms with Crippen molar-refractivity contribution in [3.8, 4) is 0 Å². The lowest BCUT2D eigenvalue weighted by Crippen LogP contribution is -2.20. The van der Waals surface area contributed by atoms with E-state index in [-0.39, 0.29) is 0 Å². The second-order valence-electron chi connectivity index (χ2n) is 3.56. The minimum absolute atomic E-state index is 0.722. The molecule has 1 heterocycles. The fraction of sp³-hybridized carbons (Fsp3) is 0.600. The number of aromatic nitrogens is 2. The Hall–Kier alpha value is -1.12. The fourth-order valence-corrected chi connectivity index (χ4v) is 1.42. The van der Waals surface area contributed by atoms with Gasteiger partial charge in [-0.25, -0.2) is 9.97 Å². The van der Waals surface area contributed by atoms with Gasteiger partial charge in [0, 0.05) is 24.8 Å². The van der Waals surface area contributed by atoms with E-state index >= 15 is 0 Å². The Morgan fingerprint density at radius 2 is 2.23 bits per heavy atom. The highest BCUT2D eigenvalue weighted by atomic mass is 15.2. The average Bonchev–Trinajstić information content (AvgIpc) is 3.00. The fourth-order valence-electron chi connectivity index (χ4n) is 1.42. The van der Waals surface area contributed by atoms with Gasteiger partial charge in [-0.1, -0.05) is 6.92 Å². The van der Waals surface area contributed by atoms with Crippen LogP contribution in [0.5, 0.6) is 0 Å². The maximum absolute atomic E-state index is 4.26. The van der Waals surface area contributed by atoms with Crippen molar-refractivity contribution < 1.29 is 0 Å². The third-order valence-corrected chi connectivity index (χ3v) is 2.53. The molecule has 3 nitrogen and oxygen atoms in total. The molecule has 0 amide bonds. The molecular formula is C10H15N3. The van der Waals surface area contributed by atoms with E-state index in [9.17, 15) is 0 Å². The maximum atomic E-state index is 4.26. The van der Waals surface area contributed by atoms with Gasteiger partial charge in [-0.2, -0.15) is 0 Å². The van der Waals surface area contributed by atoms with E-state index in [0.29, 0.717) is 0 Å². The van der Waals surface area contributed by atoms with Crippen molar-refractivity contribution in [1.29, 1.82) is 0 Å². The SMILES string of the molecule is CCc1cc(N(C)C2CC2)ncn1. The van der Waals surface area contributed by atoms with Crippen molar-refractivity contribution >= 4 is 5.82 Å². The highest BCUT2D eigenvalue weighted by Crippen LogP contribution is 2.28. The lowest BCUT2D eigenvalue weighted by Gasteiger charge is -2.17. The molecule has 70 valence electrons. The molecule has 1 aromatic rings. The number of nitrogens with zero attached hydrogens (tertiary/aromatic N) is 3. The van der Waals surface area contributed by atoms with Gasteiger partial charge in [-0.05, 0) is 19.3 Å². The minimum atomic E-state index is 0.722. The average molecular weight is 177 g/mol. The number of hydrogen-bond donors (Lipinski definition) is 0. The standard InChI is InChI=1S/C10H15N3/c1-3-8-6-10(12-7-11-8)13(2)9-4-5-9/h6-7,9H,3-5H2,1-2H3. The zero-order valence-corrected chi connectivity index (χ0v) is 8.20. The van der Waals surface area contributed by atoms with Crippen molar-refractivity contribution in [1.82, 2.24) is 9.97 Å². The first-order valence-corrected chi connectivity index (χ1v) is 4.85. The predicted octanol–water partition coefficient (Wildman–Crippen LogP) is 1.64.